The van der Waals surface area contributed by atoms with Crippen LogP contribution in [0.2, 0.25) is 0 Å². The van der Waals surface area contributed by atoms with Gasteiger partial charge < -0.3 is 9.47 Å². The molecule has 1 fully saturated rings. The van der Waals surface area contributed by atoms with Gasteiger partial charge in [-0.05, 0) is 0 Å². The SMILES string of the molecule is O=C(OCN1CCOCC1)C(F)(F)S(=O)(=O)O. The normalized spacial score (nSPS) is 19.0. The smallest absolute Gasteiger partial charge is 0.444 e. The first-order chi connectivity index (χ1) is 7.75. The average molecular weight is 275 g/mol. The Kier molecular flexibility index (Phi) is 4.36. The van der Waals surface area contributed by atoms with Gasteiger partial charge in [0.1, 0.15) is 6.73 Å². The highest BCUT2D eigenvalue weighted by molar-refractivity contribution is 7.87. The third-order valence-corrected chi connectivity index (χ3v) is 2.86. The molecule has 7 nitrogen and oxygen atoms in total. The molecule has 1 aliphatic rings. The number of hydrogen-bond donors (Lipinski definition) is 1. The summed E-state index contributed by atoms with van der Waals surface area (Å²) in [6, 6.07) is 0. The molecule has 0 aromatic heterocycles. The van der Waals surface area contributed by atoms with Crippen LogP contribution in [0.15, 0.2) is 0 Å². The number of carbonyl (C=O) groups excluding carboxylic acids is 1. The van der Waals surface area contributed by atoms with Gasteiger partial charge in [0.25, 0.3) is 0 Å². The summed E-state index contributed by atoms with van der Waals surface area (Å²) in [5.74, 6) is -2.30. The number of hydrogen-bond acceptors (Lipinski definition) is 6. The van der Waals surface area contributed by atoms with Crippen LogP contribution < -0.4 is 0 Å². The van der Waals surface area contributed by atoms with Crippen molar-refractivity contribution < 1.29 is 36.0 Å². The van der Waals surface area contributed by atoms with Gasteiger partial charge in [-0.1, -0.05) is 0 Å². The van der Waals surface area contributed by atoms with Crippen LogP contribution in [-0.2, 0) is 24.4 Å². The lowest BCUT2D eigenvalue weighted by Crippen LogP contribution is -2.43. The molecule has 1 saturated heterocycles. The first kappa shape index (κ1) is 14.2. The zero-order valence-electron chi connectivity index (χ0n) is 8.64. The number of esters is 1. The van der Waals surface area contributed by atoms with Crippen molar-refractivity contribution in [2.45, 2.75) is 5.25 Å². The van der Waals surface area contributed by atoms with Gasteiger partial charge in [0.2, 0.25) is 0 Å². The summed E-state index contributed by atoms with van der Waals surface area (Å²) in [5.41, 5.74) is 0. The highest BCUT2D eigenvalue weighted by atomic mass is 32.2. The van der Waals surface area contributed by atoms with E-state index < -0.39 is 28.1 Å². The molecule has 0 unspecified atom stereocenters. The number of rotatable bonds is 4. The van der Waals surface area contributed by atoms with Crippen molar-refractivity contribution in [3.63, 3.8) is 0 Å². The molecule has 1 aliphatic heterocycles. The second-order valence-corrected chi connectivity index (χ2v) is 4.75. The van der Waals surface area contributed by atoms with Gasteiger partial charge in [0.15, 0.2) is 0 Å². The molecule has 100 valence electrons. The molecule has 0 radical (unpaired) electrons. The maximum atomic E-state index is 12.7. The molecule has 17 heavy (non-hydrogen) atoms. The molecular formula is C7H11F2NO6S. The van der Waals surface area contributed by atoms with Crippen molar-refractivity contribution in [1.29, 1.82) is 0 Å². The van der Waals surface area contributed by atoms with Gasteiger partial charge in [0.05, 0.1) is 13.2 Å². The van der Waals surface area contributed by atoms with E-state index in [1.807, 2.05) is 0 Å². The first-order valence-electron chi connectivity index (χ1n) is 4.57. The van der Waals surface area contributed by atoms with E-state index >= 15 is 0 Å². The van der Waals surface area contributed by atoms with E-state index in [9.17, 15) is 22.0 Å². The van der Waals surface area contributed by atoms with Crippen LogP contribution in [0.3, 0.4) is 0 Å². The molecule has 0 bridgehead atoms. The Balaban J connectivity index is 2.49. The standard InChI is InChI=1S/C7H11F2NO6S/c8-7(9,17(12,13)14)6(11)16-5-10-1-3-15-4-2-10/h1-5H2,(H,12,13,14). The fourth-order valence-corrected chi connectivity index (χ4v) is 1.34. The van der Waals surface area contributed by atoms with Crippen molar-refractivity contribution in [1.82, 2.24) is 4.90 Å². The Morgan fingerprint density at radius 3 is 2.41 bits per heavy atom. The molecule has 0 atom stereocenters. The van der Waals surface area contributed by atoms with Crippen LogP contribution >= 0.6 is 0 Å². The van der Waals surface area contributed by atoms with E-state index in [1.54, 1.807) is 0 Å². The van der Waals surface area contributed by atoms with Gasteiger partial charge in [-0.2, -0.15) is 17.2 Å². The van der Waals surface area contributed by atoms with Gasteiger partial charge in [-0.25, -0.2) is 4.79 Å². The van der Waals surface area contributed by atoms with Crippen LogP contribution in [0.25, 0.3) is 0 Å². The molecular weight excluding hydrogens is 264 g/mol. The fourth-order valence-electron chi connectivity index (χ4n) is 1.07. The lowest BCUT2D eigenvalue weighted by molar-refractivity contribution is -0.168. The molecule has 0 saturated carbocycles. The van der Waals surface area contributed by atoms with Crippen LogP contribution in [0.4, 0.5) is 8.78 Å². The Hall–Kier alpha value is -0.840. The van der Waals surface area contributed by atoms with E-state index in [0.717, 1.165) is 0 Å². The zero-order chi connectivity index (χ0) is 13.1. The van der Waals surface area contributed by atoms with E-state index in [4.69, 9.17) is 9.29 Å². The minimum Gasteiger partial charge on any atom is -0.444 e. The second-order valence-electron chi connectivity index (χ2n) is 3.28. The third-order valence-electron chi connectivity index (χ3n) is 2.04. The first-order valence-corrected chi connectivity index (χ1v) is 6.01. The summed E-state index contributed by atoms with van der Waals surface area (Å²) in [6.07, 6.45) is 0. The number of morpholine rings is 1. The Bertz CT molecular complexity index is 378. The lowest BCUT2D eigenvalue weighted by atomic mass is 10.5. The van der Waals surface area contributed by atoms with E-state index in [-0.39, 0.29) is 0 Å². The van der Waals surface area contributed by atoms with Gasteiger partial charge in [0, 0.05) is 13.1 Å². The van der Waals surface area contributed by atoms with Gasteiger partial charge in [-0.3, -0.25) is 9.45 Å². The zero-order valence-corrected chi connectivity index (χ0v) is 9.45. The largest absolute Gasteiger partial charge is 0.465 e. The summed E-state index contributed by atoms with van der Waals surface area (Å²) in [6.45, 7) is 1.02. The number of alkyl halides is 2. The average Bonchev–Trinajstić information content (AvgIpc) is 2.25. The quantitative estimate of drug-likeness (QED) is 0.535. The molecule has 0 aliphatic carbocycles. The molecule has 0 aromatic rings. The number of nitrogens with zero attached hydrogens (tertiary/aromatic N) is 1. The highest BCUT2D eigenvalue weighted by Crippen LogP contribution is 2.22. The maximum absolute atomic E-state index is 12.7. The molecule has 1 N–H and O–H groups in total. The van der Waals surface area contributed by atoms with E-state index in [0.29, 0.717) is 26.3 Å². The number of carbonyl (C=O) groups is 1. The predicted molar refractivity (Wildman–Crippen MR) is 49.8 cm³/mol. The fraction of sp³-hybridized carbons (Fsp3) is 0.857. The van der Waals surface area contributed by atoms with Crippen molar-refractivity contribution in [2.24, 2.45) is 0 Å². The minimum atomic E-state index is -5.81. The Labute approximate surface area is 96.0 Å². The lowest BCUT2D eigenvalue weighted by Gasteiger charge is -2.26. The third kappa shape index (κ3) is 3.56. The summed E-state index contributed by atoms with van der Waals surface area (Å²) in [5, 5.41) is -4.95. The number of ether oxygens (including phenoxy) is 2. The monoisotopic (exact) mass is 275 g/mol. The van der Waals surface area contributed by atoms with Gasteiger partial charge in [-0.15, -0.1) is 0 Å². The summed E-state index contributed by atoms with van der Waals surface area (Å²) in [4.78, 5) is 12.3. The molecule has 10 heteroatoms. The second kappa shape index (κ2) is 5.21. The molecule has 1 rings (SSSR count). The van der Waals surface area contributed by atoms with Crippen molar-refractivity contribution in [2.75, 3.05) is 33.0 Å². The van der Waals surface area contributed by atoms with Crippen LogP contribution in [0, 0.1) is 0 Å². The van der Waals surface area contributed by atoms with Crippen LogP contribution in [0.5, 0.6) is 0 Å². The molecule has 1 heterocycles. The molecule has 0 amide bonds. The predicted octanol–water partition coefficient (Wildman–Crippen LogP) is -0.700. The summed E-state index contributed by atoms with van der Waals surface area (Å²) >= 11 is 0. The topological polar surface area (TPSA) is 93.1 Å². The summed E-state index contributed by atoms with van der Waals surface area (Å²) < 4.78 is 63.1. The maximum Gasteiger partial charge on any atom is 0.465 e. The van der Waals surface area contributed by atoms with E-state index in [1.165, 1.54) is 4.90 Å². The molecule has 0 spiro atoms. The summed E-state index contributed by atoms with van der Waals surface area (Å²) in [7, 11) is -5.81. The van der Waals surface area contributed by atoms with E-state index in [2.05, 4.69) is 4.74 Å². The molecule has 0 aromatic carbocycles. The highest BCUT2D eigenvalue weighted by Gasteiger charge is 2.54. The van der Waals surface area contributed by atoms with Crippen molar-refractivity contribution >= 4 is 16.1 Å². The number of halogens is 2. The van der Waals surface area contributed by atoms with Crippen LogP contribution in [-0.4, -0.2) is 62.1 Å². The Morgan fingerprint density at radius 1 is 1.41 bits per heavy atom. The van der Waals surface area contributed by atoms with Crippen molar-refractivity contribution in [3.05, 3.63) is 0 Å². The van der Waals surface area contributed by atoms with Gasteiger partial charge >= 0.3 is 21.3 Å². The minimum absolute atomic E-state index is 0.367. The van der Waals surface area contributed by atoms with Crippen molar-refractivity contribution in [3.8, 4) is 0 Å². The van der Waals surface area contributed by atoms with Crippen LogP contribution in [0.1, 0.15) is 0 Å². The Morgan fingerprint density at radius 2 is 1.94 bits per heavy atom.